The number of benzene rings is 7. The Morgan fingerprint density at radius 1 is 0.468 bits per heavy atom. The van der Waals surface area contributed by atoms with E-state index in [2.05, 4.69) is 164 Å². The number of hydrogen-bond donors (Lipinski definition) is 0. The number of nitrogens with zero attached hydrogens (tertiary/aromatic N) is 5. The molecule has 6 heteroatoms. The number of para-hydroxylation sites is 4. The average Bonchev–Trinajstić information content (AvgIpc) is 3.52. The normalized spacial score (nSPS) is 13.8. The van der Waals surface area contributed by atoms with Crippen molar-refractivity contribution in [3.05, 3.63) is 146 Å². The molecule has 9 aromatic rings. The van der Waals surface area contributed by atoms with Crippen LogP contribution in [0.4, 0.5) is 34.1 Å². The maximum Gasteiger partial charge on any atom is 0.257 e. The molecule has 0 amide bonds. The van der Waals surface area contributed by atoms with Gasteiger partial charge in [0, 0.05) is 45.2 Å². The first-order valence-electron chi connectivity index (χ1n) is 16.2. The van der Waals surface area contributed by atoms with Gasteiger partial charge in [0.1, 0.15) is 0 Å². The van der Waals surface area contributed by atoms with Crippen molar-refractivity contribution < 1.29 is 0 Å². The molecule has 0 spiro atoms. The topological polar surface area (TPSA) is 28.7 Å². The number of imidazole rings is 1. The maximum absolute atomic E-state index is 5.37. The van der Waals surface area contributed by atoms with E-state index < -0.39 is 0 Å². The van der Waals surface area contributed by atoms with Gasteiger partial charge in [0.05, 0.1) is 22.1 Å². The van der Waals surface area contributed by atoms with Crippen LogP contribution in [0.5, 0.6) is 0 Å². The Labute approximate surface area is 270 Å². The Kier molecular flexibility index (Phi) is 4.25. The summed E-state index contributed by atoms with van der Waals surface area (Å²) in [6, 6.07) is 53.0. The van der Waals surface area contributed by atoms with Gasteiger partial charge in [-0.15, -0.1) is 0 Å². The summed E-state index contributed by atoms with van der Waals surface area (Å²) in [5.41, 5.74) is 17.0. The van der Waals surface area contributed by atoms with Gasteiger partial charge in [0.25, 0.3) is 6.71 Å². The van der Waals surface area contributed by atoms with E-state index in [4.69, 9.17) is 4.98 Å². The molecule has 47 heavy (non-hydrogen) atoms. The molecule has 0 N–H and O–H groups in total. The van der Waals surface area contributed by atoms with Crippen molar-refractivity contribution in [2.45, 2.75) is 0 Å². The molecule has 5 heterocycles. The quantitative estimate of drug-likeness (QED) is 0.189. The van der Waals surface area contributed by atoms with E-state index in [1.165, 1.54) is 66.6 Å². The summed E-state index contributed by atoms with van der Waals surface area (Å²) >= 11 is 0. The molecule has 5 nitrogen and oxygen atoms in total. The molecule has 0 saturated heterocycles. The van der Waals surface area contributed by atoms with E-state index in [9.17, 15) is 0 Å². The minimum absolute atomic E-state index is 0.0713. The van der Waals surface area contributed by atoms with Gasteiger partial charge < -0.3 is 9.80 Å². The number of rotatable bonds is 2. The summed E-state index contributed by atoms with van der Waals surface area (Å²) in [5.74, 6) is 0.939. The molecular weight excluding hydrogens is 573 g/mol. The van der Waals surface area contributed by atoms with Crippen molar-refractivity contribution in [2.24, 2.45) is 0 Å². The largest absolute Gasteiger partial charge is 0.311 e. The van der Waals surface area contributed by atoms with Crippen molar-refractivity contribution in [3.63, 3.8) is 0 Å². The third-order valence-corrected chi connectivity index (χ3v) is 10.6. The van der Waals surface area contributed by atoms with Crippen molar-refractivity contribution in [1.82, 2.24) is 14.0 Å². The first-order valence-corrected chi connectivity index (χ1v) is 16.2. The van der Waals surface area contributed by atoms with Crippen LogP contribution in [0.15, 0.2) is 146 Å². The Balaban J connectivity index is 1.36. The monoisotopic (exact) mass is 597 g/mol. The molecule has 0 bridgehead atoms. The highest BCUT2D eigenvalue weighted by molar-refractivity contribution is 7.02. The lowest BCUT2D eigenvalue weighted by molar-refractivity contribution is 1.06. The van der Waals surface area contributed by atoms with Crippen LogP contribution in [0.2, 0.25) is 0 Å². The van der Waals surface area contributed by atoms with Gasteiger partial charge in [-0.1, -0.05) is 72.8 Å². The van der Waals surface area contributed by atoms with Gasteiger partial charge in [-0.2, -0.15) is 0 Å². The van der Waals surface area contributed by atoms with Gasteiger partial charge in [-0.25, -0.2) is 4.98 Å². The lowest BCUT2D eigenvalue weighted by Crippen LogP contribution is -2.64. The van der Waals surface area contributed by atoms with Crippen LogP contribution in [0.3, 0.4) is 0 Å². The number of aromatic nitrogens is 3. The molecule has 0 radical (unpaired) electrons. The number of hydrogen-bond acceptors (Lipinski definition) is 3. The van der Waals surface area contributed by atoms with Gasteiger partial charge in [0.2, 0.25) is 5.78 Å². The zero-order valence-electron chi connectivity index (χ0n) is 25.2. The summed E-state index contributed by atoms with van der Waals surface area (Å²) in [7, 11) is 0. The van der Waals surface area contributed by atoms with Gasteiger partial charge >= 0.3 is 0 Å². The van der Waals surface area contributed by atoms with Crippen LogP contribution in [-0.2, 0) is 0 Å². The van der Waals surface area contributed by atoms with Crippen LogP contribution in [0, 0.1) is 0 Å². The smallest absolute Gasteiger partial charge is 0.257 e. The van der Waals surface area contributed by atoms with E-state index in [0.717, 1.165) is 28.2 Å². The lowest BCUT2D eigenvalue weighted by atomic mass is 9.32. The fourth-order valence-corrected chi connectivity index (χ4v) is 8.89. The summed E-state index contributed by atoms with van der Waals surface area (Å²) in [6.45, 7) is 0.0713. The Hall–Kier alpha value is -6.27. The summed E-state index contributed by atoms with van der Waals surface area (Å²) in [6.07, 6.45) is 0. The minimum atomic E-state index is 0.0713. The molecule has 2 aromatic heterocycles. The third kappa shape index (κ3) is 2.78. The Bertz CT molecular complexity index is 2820. The van der Waals surface area contributed by atoms with E-state index in [-0.39, 0.29) is 6.71 Å². The van der Waals surface area contributed by atoms with E-state index in [1.54, 1.807) is 0 Å². The van der Waals surface area contributed by atoms with Crippen LogP contribution in [0.1, 0.15) is 0 Å². The van der Waals surface area contributed by atoms with E-state index in [1.807, 2.05) is 0 Å². The molecule has 0 saturated carbocycles. The highest BCUT2D eigenvalue weighted by Crippen LogP contribution is 2.48. The lowest BCUT2D eigenvalue weighted by Gasteiger charge is -2.47. The highest BCUT2D eigenvalue weighted by atomic mass is 15.2. The molecule has 7 aromatic carbocycles. The zero-order valence-corrected chi connectivity index (χ0v) is 25.2. The summed E-state index contributed by atoms with van der Waals surface area (Å²) < 4.78 is 4.83. The van der Waals surface area contributed by atoms with Crippen LogP contribution < -0.4 is 26.2 Å². The van der Waals surface area contributed by atoms with Crippen LogP contribution >= 0.6 is 0 Å². The second-order valence-corrected chi connectivity index (χ2v) is 12.8. The average molecular weight is 597 g/mol. The first kappa shape index (κ1) is 24.0. The van der Waals surface area contributed by atoms with Crippen LogP contribution in [-0.4, -0.2) is 20.7 Å². The molecule has 0 aliphatic carbocycles. The van der Waals surface area contributed by atoms with E-state index in [0.29, 0.717) is 0 Å². The number of anilines is 6. The van der Waals surface area contributed by atoms with E-state index >= 15 is 0 Å². The first-order chi connectivity index (χ1) is 23.4. The standard InChI is InChI=1S/C41H24BN5/c1-3-13-26(14-4-1)44-31-20-10-22-33-37(31)42-38-32(44)21-11-23-34(38)47-40-36-25(24-35(39(40)42)45(33)27-15-5-2-6-16-27)12-9-19-30(36)46-29-18-8-7-17-28(29)43-41(46)47/h1-24H. The zero-order chi connectivity index (χ0) is 30.4. The van der Waals surface area contributed by atoms with Gasteiger partial charge in [-0.05, 0) is 94.6 Å². The molecule has 216 valence electrons. The molecule has 3 aliphatic heterocycles. The minimum Gasteiger partial charge on any atom is -0.311 e. The second-order valence-electron chi connectivity index (χ2n) is 12.8. The van der Waals surface area contributed by atoms with Crippen molar-refractivity contribution >= 4 is 95.8 Å². The summed E-state index contributed by atoms with van der Waals surface area (Å²) in [4.78, 5) is 10.3. The van der Waals surface area contributed by atoms with Gasteiger partial charge in [-0.3, -0.25) is 8.97 Å². The van der Waals surface area contributed by atoms with Gasteiger partial charge in [0.15, 0.2) is 0 Å². The summed E-state index contributed by atoms with van der Waals surface area (Å²) in [5, 5.41) is 2.50. The SMILES string of the molecule is c1ccc(N2c3cccc4c3B3c5c2cccc5-n2c5c3c(cc3cccc(c35)n3c5ccccc5nc23)N4c2ccccc2)cc1. The Morgan fingerprint density at radius 2 is 1.04 bits per heavy atom. The fourth-order valence-electron chi connectivity index (χ4n) is 8.89. The molecule has 3 aliphatic rings. The van der Waals surface area contributed by atoms with Crippen LogP contribution in [0.25, 0.3) is 44.3 Å². The maximum atomic E-state index is 5.37. The molecule has 0 fully saturated rings. The number of fused-ring (bicyclic) bond motifs is 6. The Morgan fingerprint density at radius 3 is 1.77 bits per heavy atom. The second kappa shape index (κ2) is 8.30. The highest BCUT2D eigenvalue weighted by Gasteiger charge is 2.48. The third-order valence-electron chi connectivity index (χ3n) is 10.6. The predicted molar refractivity (Wildman–Crippen MR) is 195 cm³/mol. The van der Waals surface area contributed by atoms with Crippen molar-refractivity contribution in [3.8, 4) is 5.69 Å². The molecule has 0 atom stereocenters. The molecule has 0 unspecified atom stereocenters. The predicted octanol–water partition coefficient (Wildman–Crippen LogP) is 7.98. The van der Waals surface area contributed by atoms with Crippen molar-refractivity contribution in [2.75, 3.05) is 9.80 Å². The molecule has 12 rings (SSSR count). The fraction of sp³-hybridized carbons (Fsp3) is 0. The molecular formula is C41H24BN5. The van der Waals surface area contributed by atoms with Crippen molar-refractivity contribution in [1.29, 1.82) is 0 Å².